The Hall–Kier alpha value is -4.43. The Balaban J connectivity index is 1.43. The summed E-state index contributed by atoms with van der Waals surface area (Å²) in [7, 11) is 1.48. The molecule has 258 valence electrons. The number of rotatable bonds is 12. The number of carbonyl (C=O) groups is 3. The molecule has 48 heavy (non-hydrogen) atoms. The lowest BCUT2D eigenvalue weighted by molar-refractivity contribution is -0.278. The molecule has 0 saturated carbocycles. The van der Waals surface area contributed by atoms with Crippen LogP contribution in [0.4, 0.5) is 26.3 Å². The van der Waals surface area contributed by atoms with Gasteiger partial charge in [-0.05, 0) is 37.8 Å². The van der Waals surface area contributed by atoms with E-state index >= 15 is 0 Å². The van der Waals surface area contributed by atoms with E-state index in [4.69, 9.17) is 23.7 Å². The van der Waals surface area contributed by atoms with Gasteiger partial charge in [-0.2, -0.15) is 26.3 Å². The van der Waals surface area contributed by atoms with E-state index in [9.17, 15) is 40.7 Å². The molecule has 0 aromatic heterocycles. The normalized spacial score (nSPS) is 18.0. The van der Waals surface area contributed by atoms with Crippen LogP contribution in [0.25, 0.3) is 0 Å². The molecule has 0 spiro atoms. The van der Waals surface area contributed by atoms with Crippen LogP contribution in [0.3, 0.4) is 0 Å². The molecule has 1 heterocycles. The van der Waals surface area contributed by atoms with Crippen molar-refractivity contribution in [2.75, 3.05) is 14.2 Å². The van der Waals surface area contributed by atoms with Crippen LogP contribution in [0.15, 0.2) is 78.9 Å². The first-order chi connectivity index (χ1) is 22.6. The van der Waals surface area contributed by atoms with Gasteiger partial charge in [0.2, 0.25) is 0 Å². The molecule has 0 fully saturated rings. The highest BCUT2D eigenvalue weighted by atomic mass is 19.4. The Kier molecular flexibility index (Phi) is 10.9. The second kappa shape index (κ2) is 14.4. The molecule has 0 bridgehead atoms. The number of halogens is 6. The highest BCUT2D eigenvalue weighted by Gasteiger charge is 2.65. The second-order valence-corrected chi connectivity index (χ2v) is 11.1. The third-order valence-electron chi connectivity index (χ3n) is 8.03. The Labute approximate surface area is 271 Å². The van der Waals surface area contributed by atoms with Crippen molar-refractivity contribution in [3.05, 3.63) is 101 Å². The van der Waals surface area contributed by atoms with Crippen LogP contribution < -0.4 is 4.74 Å². The minimum absolute atomic E-state index is 0.100. The van der Waals surface area contributed by atoms with Crippen molar-refractivity contribution in [1.29, 1.82) is 0 Å². The minimum Gasteiger partial charge on any atom is -0.460 e. The Morgan fingerprint density at radius 2 is 1.31 bits per heavy atom. The molecule has 8 nitrogen and oxygen atoms in total. The van der Waals surface area contributed by atoms with Crippen LogP contribution in [0, 0.1) is 0 Å². The van der Waals surface area contributed by atoms with Gasteiger partial charge in [0, 0.05) is 31.8 Å². The van der Waals surface area contributed by atoms with Gasteiger partial charge in [0.05, 0.1) is 6.10 Å². The van der Waals surface area contributed by atoms with E-state index in [2.05, 4.69) is 0 Å². The largest absolute Gasteiger partial charge is 0.460 e. The van der Waals surface area contributed by atoms with Gasteiger partial charge in [0.1, 0.15) is 17.4 Å². The summed E-state index contributed by atoms with van der Waals surface area (Å²) < 4.78 is 111. The molecule has 1 aliphatic heterocycles. The summed E-state index contributed by atoms with van der Waals surface area (Å²) in [6, 6.07) is 16.7. The first-order valence-corrected chi connectivity index (χ1v) is 14.7. The molecule has 0 radical (unpaired) electrons. The standard InChI is InChI=1S/C34H32F6O8/c1-21(46-29(42)31(44-2,33(35,36)37)23-14-6-4-7-15-23)12-10-18-25-20-22-13-11-19-26(27(22)28(41)47-25)48-30(43)32(45-3,34(38,39)40)24-16-8-5-9-17-24/h4-9,11,13-17,19,21,25H,10,12,18,20H2,1-3H3/t21-,25+,31+,32+/m0/s1. The third-order valence-corrected chi connectivity index (χ3v) is 8.03. The lowest BCUT2D eigenvalue weighted by Crippen LogP contribution is -2.52. The summed E-state index contributed by atoms with van der Waals surface area (Å²) in [5.41, 5.74) is -7.67. The fourth-order valence-electron chi connectivity index (χ4n) is 5.63. The van der Waals surface area contributed by atoms with Crippen molar-refractivity contribution in [3.8, 4) is 5.75 Å². The quantitative estimate of drug-likeness (QED) is 0.115. The van der Waals surface area contributed by atoms with Crippen molar-refractivity contribution >= 4 is 17.9 Å². The zero-order chi connectivity index (χ0) is 35.3. The van der Waals surface area contributed by atoms with Crippen LogP contribution in [-0.4, -0.2) is 56.7 Å². The predicted molar refractivity (Wildman–Crippen MR) is 157 cm³/mol. The molecule has 1 aliphatic rings. The number of esters is 3. The number of benzene rings is 3. The highest BCUT2D eigenvalue weighted by molar-refractivity contribution is 5.97. The van der Waals surface area contributed by atoms with Crippen molar-refractivity contribution in [1.82, 2.24) is 0 Å². The number of ether oxygens (including phenoxy) is 5. The van der Waals surface area contributed by atoms with E-state index in [-0.39, 0.29) is 31.2 Å². The van der Waals surface area contributed by atoms with Gasteiger partial charge >= 0.3 is 30.3 Å². The summed E-state index contributed by atoms with van der Waals surface area (Å²) in [6.45, 7) is 1.42. The van der Waals surface area contributed by atoms with Gasteiger partial charge in [0.15, 0.2) is 0 Å². The fraction of sp³-hybridized carbons (Fsp3) is 0.382. The van der Waals surface area contributed by atoms with E-state index in [1.165, 1.54) is 55.5 Å². The summed E-state index contributed by atoms with van der Waals surface area (Å²) in [5.74, 6) is -4.85. The van der Waals surface area contributed by atoms with Gasteiger partial charge in [0.25, 0.3) is 11.2 Å². The number of cyclic esters (lactones) is 1. The van der Waals surface area contributed by atoms with Crippen molar-refractivity contribution < 1.29 is 64.4 Å². The van der Waals surface area contributed by atoms with Crippen LogP contribution in [0.2, 0.25) is 0 Å². The molecule has 4 rings (SSSR count). The maximum Gasteiger partial charge on any atom is 0.432 e. The molecular weight excluding hydrogens is 650 g/mol. The molecule has 0 unspecified atom stereocenters. The zero-order valence-corrected chi connectivity index (χ0v) is 26.0. The molecule has 3 aromatic rings. The SMILES string of the molecule is CO[C@@](C(=O)Oc1cccc2c1C(=O)O[C@H](CCC[C@H](C)OC(=O)[C@](OC)(c1ccccc1)C(F)(F)F)C2)(c1ccccc1)C(F)(F)F. The molecule has 0 N–H and O–H groups in total. The van der Waals surface area contributed by atoms with Crippen LogP contribution in [-0.2, 0) is 46.2 Å². The number of alkyl halides is 6. The molecule has 14 heteroatoms. The van der Waals surface area contributed by atoms with Gasteiger partial charge in [-0.1, -0.05) is 72.8 Å². The van der Waals surface area contributed by atoms with Crippen LogP contribution in [0.5, 0.6) is 5.75 Å². The maximum absolute atomic E-state index is 14.3. The van der Waals surface area contributed by atoms with E-state index in [1.54, 1.807) is 0 Å². The monoisotopic (exact) mass is 682 g/mol. The topological polar surface area (TPSA) is 97.4 Å². The fourth-order valence-corrected chi connectivity index (χ4v) is 5.63. The van der Waals surface area contributed by atoms with E-state index in [0.717, 1.165) is 44.6 Å². The van der Waals surface area contributed by atoms with E-state index in [0.29, 0.717) is 5.56 Å². The summed E-state index contributed by atoms with van der Waals surface area (Å²) in [6.07, 6.45) is -11.4. The van der Waals surface area contributed by atoms with Gasteiger partial charge in [-0.3, -0.25) is 0 Å². The molecule has 0 aliphatic carbocycles. The Bertz CT molecular complexity index is 1590. The Morgan fingerprint density at radius 1 is 0.792 bits per heavy atom. The molecule has 3 aromatic carbocycles. The van der Waals surface area contributed by atoms with Crippen molar-refractivity contribution in [2.24, 2.45) is 0 Å². The van der Waals surface area contributed by atoms with Gasteiger partial charge in [-0.25, -0.2) is 14.4 Å². The molecule has 0 amide bonds. The number of methoxy groups -OCH3 is 2. The predicted octanol–water partition coefficient (Wildman–Crippen LogP) is 6.98. The van der Waals surface area contributed by atoms with Gasteiger partial charge < -0.3 is 23.7 Å². The van der Waals surface area contributed by atoms with Gasteiger partial charge in [-0.15, -0.1) is 0 Å². The zero-order valence-electron chi connectivity index (χ0n) is 26.0. The first kappa shape index (κ1) is 36.4. The average molecular weight is 683 g/mol. The average Bonchev–Trinajstić information content (AvgIpc) is 3.02. The summed E-state index contributed by atoms with van der Waals surface area (Å²) in [5, 5.41) is 0. The molecule has 0 saturated heterocycles. The number of fused-ring (bicyclic) bond motifs is 1. The van der Waals surface area contributed by atoms with E-state index < -0.39 is 70.5 Å². The number of carbonyl (C=O) groups excluding carboxylic acids is 3. The lowest BCUT2D eigenvalue weighted by atomic mass is 9.92. The van der Waals surface area contributed by atoms with Crippen molar-refractivity contribution in [2.45, 2.75) is 68.4 Å². The van der Waals surface area contributed by atoms with Crippen molar-refractivity contribution in [3.63, 3.8) is 0 Å². The minimum atomic E-state index is -5.23. The smallest absolute Gasteiger partial charge is 0.432 e. The summed E-state index contributed by atoms with van der Waals surface area (Å²) in [4.78, 5) is 39.1. The summed E-state index contributed by atoms with van der Waals surface area (Å²) >= 11 is 0. The molecular formula is C34H32F6O8. The molecule has 4 atom stereocenters. The number of hydrogen-bond donors (Lipinski definition) is 0. The Morgan fingerprint density at radius 3 is 1.81 bits per heavy atom. The highest BCUT2D eigenvalue weighted by Crippen LogP contribution is 2.45. The maximum atomic E-state index is 14.3. The first-order valence-electron chi connectivity index (χ1n) is 14.7. The number of hydrogen-bond acceptors (Lipinski definition) is 8. The van der Waals surface area contributed by atoms with Crippen LogP contribution in [0.1, 0.15) is 53.2 Å². The second-order valence-electron chi connectivity index (χ2n) is 11.1. The van der Waals surface area contributed by atoms with E-state index in [1.807, 2.05) is 0 Å². The third kappa shape index (κ3) is 6.90. The van der Waals surface area contributed by atoms with Crippen LogP contribution >= 0.6 is 0 Å². The lowest BCUT2D eigenvalue weighted by Gasteiger charge is -2.33.